The van der Waals surface area contributed by atoms with Crippen molar-refractivity contribution in [3.05, 3.63) is 102 Å². The quantitative estimate of drug-likeness (QED) is 0.473. The third kappa shape index (κ3) is 4.87. The smallest absolute Gasteiger partial charge is 0.167 e. The van der Waals surface area contributed by atoms with Crippen molar-refractivity contribution in [1.82, 2.24) is 0 Å². The number of rotatable bonds is 2. The second-order valence-corrected chi connectivity index (χ2v) is 5.66. The Morgan fingerprint density at radius 3 is 1.81 bits per heavy atom. The first kappa shape index (κ1) is 17.6. The van der Waals surface area contributed by atoms with Gasteiger partial charge in [0.15, 0.2) is 0 Å². The summed E-state index contributed by atoms with van der Waals surface area (Å²) >= 11 is 0. The Kier molecular flexibility index (Phi) is 5.24. The fourth-order valence-electron chi connectivity index (χ4n) is 2.49. The van der Waals surface area contributed by atoms with Gasteiger partial charge in [-0.3, -0.25) is 0 Å². The molecule has 0 aliphatic carbocycles. The molecule has 0 fully saturated rings. The molecule has 0 spiro atoms. The summed E-state index contributed by atoms with van der Waals surface area (Å²) in [5, 5.41) is 0. The lowest BCUT2D eigenvalue weighted by molar-refractivity contribution is -0.0792. The van der Waals surface area contributed by atoms with Crippen LogP contribution in [0.2, 0.25) is 0 Å². The molecule has 3 aromatic rings. The second kappa shape index (κ2) is 7.76. The summed E-state index contributed by atoms with van der Waals surface area (Å²) in [6.45, 7) is 0. The minimum atomic E-state index is -4.43. The van der Waals surface area contributed by atoms with Crippen LogP contribution in [0.5, 0.6) is 0 Å². The Bertz CT molecular complexity index is 940. The highest BCUT2D eigenvalue weighted by molar-refractivity contribution is 5.81. The van der Waals surface area contributed by atoms with Crippen LogP contribution in [0.3, 0.4) is 0 Å². The topological polar surface area (TPSA) is 0 Å². The van der Waals surface area contributed by atoms with Gasteiger partial charge >= 0.3 is 6.18 Å². The molecule has 3 rings (SSSR count). The van der Waals surface area contributed by atoms with Crippen LogP contribution >= 0.6 is 0 Å². The van der Waals surface area contributed by atoms with Crippen LogP contribution in [-0.2, 0) is 0 Å². The van der Waals surface area contributed by atoms with Gasteiger partial charge in [-0.15, -0.1) is 0 Å². The average molecular weight is 348 g/mol. The first-order valence-electron chi connectivity index (χ1n) is 8.04. The van der Waals surface area contributed by atoms with E-state index in [1.165, 1.54) is 0 Å². The van der Waals surface area contributed by atoms with Crippen molar-refractivity contribution in [3.8, 4) is 23.0 Å². The monoisotopic (exact) mass is 348 g/mol. The summed E-state index contributed by atoms with van der Waals surface area (Å²) in [5.74, 6) is 5.45. The van der Waals surface area contributed by atoms with Crippen LogP contribution in [0.15, 0.2) is 91.0 Å². The molecule has 0 saturated carbocycles. The maximum absolute atomic E-state index is 12.9. The minimum Gasteiger partial charge on any atom is -0.167 e. The molecule has 0 heterocycles. The fraction of sp³-hybridized carbons (Fsp3) is 0.0435. The molecular weight excluding hydrogens is 333 g/mol. The molecule has 0 aromatic heterocycles. The molecule has 0 unspecified atom stereocenters. The second-order valence-electron chi connectivity index (χ2n) is 5.66. The van der Waals surface area contributed by atoms with E-state index in [0.717, 1.165) is 11.1 Å². The number of hydrogen-bond acceptors (Lipinski definition) is 0. The summed E-state index contributed by atoms with van der Waals surface area (Å²) in [7, 11) is 0. The molecule has 0 amide bonds. The van der Waals surface area contributed by atoms with Gasteiger partial charge in [0.25, 0.3) is 0 Å². The molecule has 3 aromatic carbocycles. The molecule has 0 bridgehead atoms. The van der Waals surface area contributed by atoms with Crippen LogP contribution in [0.1, 0.15) is 11.1 Å². The van der Waals surface area contributed by atoms with Crippen molar-refractivity contribution in [3.63, 3.8) is 0 Å². The number of allylic oxidation sites excluding steroid dienone is 2. The first-order valence-corrected chi connectivity index (χ1v) is 8.04. The zero-order valence-electron chi connectivity index (χ0n) is 13.8. The summed E-state index contributed by atoms with van der Waals surface area (Å²) in [4.78, 5) is 0. The number of hydrogen-bond donors (Lipinski definition) is 0. The predicted molar refractivity (Wildman–Crippen MR) is 99.2 cm³/mol. The van der Waals surface area contributed by atoms with Crippen LogP contribution in [0.25, 0.3) is 16.7 Å². The largest absolute Gasteiger partial charge is 0.410 e. The highest BCUT2D eigenvalue weighted by Gasteiger charge is 2.24. The Morgan fingerprint density at radius 2 is 1.23 bits per heavy atom. The van der Waals surface area contributed by atoms with Crippen LogP contribution < -0.4 is 0 Å². The van der Waals surface area contributed by atoms with E-state index < -0.39 is 6.18 Å². The highest BCUT2D eigenvalue weighted by Crippen LogP contribution is 2.26. The van der Waals surface area contributed by atoms with E-state index in [1.54, 1.807) is 48.5 Å². The van der Waals surface area contributed by atoms with E-state index in [0.29, 0.717) is 11.1 Å². The van der Waals surface area contributed by atoms with Crippen molar-refractivity contribution >= 4 is 5.57 Å². The van der Waals surface area contributed by atoms with Gasteiger partial charge in [0.05, 0.1) is 0 Å². The van der Waals surface area contributed by atoms with E-state index in [2.05, 4.69) is 11.8 Å². The zero-order chi connectivity index (χ0) is 18.4. The van der Waals surface area contributed by atoms with Gasteiger partial charge in [-0.2, -0.15) is 13.2 Å². The standard InChI is InChI=1S/C23H15F3/c24-23(25,26)17-22(12-11-18-7-3-1-4-8-18)21-15-13-20(14-16-21)19-9-5-2-6-10-19/h1-10,13-17H/b22-17-. The van der Waals surface area contributed by atoms with Crippen molar-refractivity contribution in [2.75, 3.05) is 0 Å². The average Bonchev–Trinajstić information content (AvgIpc) is 2.66. The fourth-order valence-corrected chi connectivity index (χ4v) is 2.49. The third-order valence-electron chi connectivity index (χ3n) is 3.73. The van der Waals surface area contributed by atoms with Gasteiger partial charge in [-0.05, 0) is 28.8 Å². The minimum absolute atomic E-state index is 0.0547. The maximum Gasteiger partial charge on any atom is 0.410 e. The van der Waals surface area contributed by atoms with Crippen LogP contribution in [0, 0.1) is 11.8 Å². The molecule has 3 heteroatoms. The molecule has 0 N–H and O–H groups in total. The molecular formula is C23H15F3. The Hall–Kier alpha value is -3.25. The number of alkyl halides is 3. The van der Waals surface area contributed by atoms with E-state index in [4.69, 9.17) is 0 Å². The molecule has 0 aliphatic rings. The van der Waals surface area contributed by atoms with E-state index >= 15 is 0 Å². The summed E-state index contributed by atoms with van der Waals surface area (Å²) in [6.07, 6.45) is -4.18. The third-order valence-corrected chi connectivity index (χ3v) is 3.73. The van der Waals surface area contributed by atoms with Gasteiger partial charge < -0.3 is 0 Å². The lowest BCUT2D eigenvalue weighted by Gasteiger charge is -2.06. The Morgan fingerprint density at radius 1 is 0.692 bits per heavy atom. The first-order chi connectivity index (χ1) is 12.5. The van der Waals surface area contributed by atoms with Gasteiger partial charge in [0.1, 0.15) is 0 Å². The van der Waals surface area contributed by atoms with Crippen LogP contribution in [0.4, 0.5) is 13.2 Å². The summed E-state index contributed by atoms with van der Waals surface area (Å²) < 4.78 is 38.8. The van der Waals surface area contributed by atoms with Gasteiger partial charge in [-0.1, -0.05) is 84.6 Å². The maximum atomic E-state index is 12.9. The van der Waals surface area contributed by atoms with Crippen molar-refractivity contribution in [2.24, 2.45) is 0 Å². The van der Waals surface area contributed by atoms with Crippen molar-refractivity contribution in [1.29, 1.82) is 0 Å². The number of halogens is 3. The Balaban J connectivity index is 1.95. The normalized spacial score (nSPS) is 11.6. The molecule has 0 nitrogen and oxygen atoms in total. The van der Waals surface area contributed by atoms with Crippen molar-refractivity contribution in [2.45, 2.75) is 6.18 Å². The number of benzene rings is 3. The summed E-state index contributed by atoms with van der Waals surface area (Å²) in [6, 6.07) is 25.6. The Labute approximate surface area is 150 Å². The summed E-state index contributed by atoms with van der Waals surface area (Å²) in [5.41, 5.74) is 3.00. The van der Waals surface area contributed by atoms with Crippen molar-refractivity contribution < 1.29 is 13.2 Å². The van der Waals surface area contributed by atoms with Crippen LogP contribution in [-0.4, -0.2) is 6.18 Å². The van der Waals surface area contributed by atoms with Gasteiger partial charge in [0.2, 0.25) is 0 Å². The lowest BCUT2D eigenvalue weighted by Crippen LogP contribution is -2.02. The molecule has 0 aliphatic heterocycles. The molecule has 26 heavy (non-hydrogen) atoms. The van der Waals surface area contributed by atoms with Gasteiger partial charge in [-0.25, -0.2) is 0 Å². The molecule has 128 valence electrons. The molecule has 0 radical (unpaired) electrons. The van der Waals surface area contributed by atoms with E-state index in [9.17, 15) is 13.2 Å². The SMILES string of the molecule is FC(F)(F)/C=C(/C#Cc1ccccc1)c1ccc(-c2ccccc2)cc1. The zero-order valence-corrected chi connectivity index (χ0v) is 13.8. The van der Waals surface area contributed by atoms with Gasteiger partial charge in [0, 0.05) is 17.2 Å². The lowest BCUT2D eigenvalue weighted by atomic mass is 10.00. The van der Waals surface area contributed by atoms with E-state index in [-0.39, 0.29) is 11.6 Å². The highest BCUT2D eigenvalue weighted by atomic mass is 19.4. The molecule has 0 atom stereocenters. The predicted octanol–water partition coefficient (Wildman–Crippen LogP) is 6.35. The van der Waals surface area contributed by atoms with E-state index in [1.807, 2.05) is 36.4 Å². The molecule has 0 saturated heterocycles.